The molecule has 1 amide bonds. The van der Waals surface area contributed by atoms with Gasteiger partial charge in [-0.05, 0) is 18.2 Å². The molecule has 4 aromatic rings. The number of carbonyl (C=O) groups is 1. The van der Waals surface area contributed by atoms with E-state index in [1.54, 1.807) is 24.3 Å². The van der Waals surface area contributed by atoms with Crippen molar-refractivity contribution in [3.8, 4) is 0 Å². The minimum absolute atomic E-state index is 0.0425. The van der Waals surface area contributed by atoms with Gasteiger partial charge in [0.05, 0.1) is 16.0 Å². The lowest BCUT2D eigenvalue weighted by atomic mass is 10.1. The number of nitrogens with one attached hydrogen (secondary N) is 1. The summed E-state index contributed by atoms with van der Waals surface area (Å²) in [5.41, 5.74) is 4.29. The molecule has 0 aliphatic carbocycles. The molecule has 0 spiro atoms. The first kappa shape index (κ1) is 18.5. The van der Waals surface area contributed by atoms with Crippen molar-refractivity contribution in [3.05, 3.63) is 64.7 Å². The van der Waals surface area contributed by atoms with Crippen LogP contribution in [0.4, 0.5) is 0 Å². The zero-order valence-corrected chi connectivity index (χ0v) is 16.8. The first-order valence-electron chi connectivity index (χ1n) is 8.40. The molecule has 2 aromatic heterocycles. The van der Waals surface area contributed by atoms with Crippen molar-refractivity contribution >= 4 is 48.3 Å². The van der Waals surface area contributed by atoms with Crippen LogP contribution in [-0.2, 0) is 22.6 Å². The molecule has 0 atom stereocenters. The van der Waals surface area contributed by atoms with Crippen molar-refractivity contribution in [3.63, 3.8) is 0 Å². The highest BCUT2D eigenvalue weighted by Gasteiger charge is 2.23. The molecule has 1 N–H and O–H groups in total. The molecule has 2 aromatic carbocycles. The summed E-state index contributed by atoms with van der Waals surface area (Å²) in [5.74, 6) is -0.921. The van der Waals surface area contributed by atoms with Crippen LogP contribution in [-0.4, -0.2) is 25.1 Å². The van der Waals surface area contributed by atoms with E-state index in [0.29, 0.717) is 21.3 Å². The predicted octanol–water partition coefficient (Wildman–Crippen LogP) is 2.78. The van der Waals surface area contributed by atoms with Gasteiger partial charge in [0, 0.05) is 24.3 Å². The molecular weight excluding hydrogens is 398 g/mol. The number of rotatable bonds is 4. The van der Waals surface area contributed by atoms with Crippen LogP contribution in [0, 0.1) is 0 Å². The lowest BCUT2D eigenvalue weighted by Gasteiger charge is -2.01. The van der Waals surface area contributed by atoms with Gasteiger partial charge in [-0.15, -0.1) is 5.10 Å². The minimum Gasteiger partial charge on any atom is -0.451 e. The number of benzene rings is 2. The second-order valence-corrected chi connectivity index (χ2v) is 9.59. The van der Waals surface area contributed by atoms with Gasteiger partial charge < -0.3 is 8.98 Å². The highest BCUT2D eigenvalue weighted by Crippen LogP contribution is 2.27. The van der Waals surface area contributed by atoms with Crippen LogP contribution in [0.15, 0.2) is 58.0 Å². The fraction of sp³-hybridized carbons (Fsp3) is 0.158. The number of fused-ring (bicyclic) bond motifs is 2. The molecule has 0 unspecified atom stereocenters. The van der Waals surface area contributed by atoms with Crippen LogP contribution >= 0.6 is 11.3 Å². The number of thiazole rings is 1. The van der Waals surface area contributed by atoms with E-state index in [4.69, 9.17) is 4.42 Å². The Bertz CT molecular complexity index is 1380. The second-order valence-electron chi connectivity index (χ2n) is 6.44. The lowest BCUT2D eigenvalue weighted by molar-refractivity contribution is 0.0926. The summed E-state index contributed by atoms with van der Waals surface area (Å²) < 4.78 is 32.2. The third kappa shape index (κ3) is 3.46. The van der Waals surface area contributed by atoms with Crippen molar-refractivity contribution in [2.45, 2.75) is 5.75 Å². The van der Waals surface area contributed by atoms with E-state index in [1.807, 2.05) is 35.9 Å². The number of furan rings is 1. The van der Waals surface area contributed by atoms with Gasteiger partial charge >= 0.3 is 5.91 Å². The van der Waals surface area contributed by atoms with Crippen LogP contribution < -0.4 is 10.2 Å². The van der Waals surface area contributed by atoms with Gasteiger partial charge in [0.15, 0.2) is 15.6 Å². The number of carbonyl (C=O) groups excluding carboxylic acids is 1. The minimum atomic E-state index is -3.36. The van der Waals surface area contributed by atoms with E-state index >= 15 is 0 Å². The molecule has 0 aliphatic rings. The largest absolute Gasteiger partial charge is 0.451 e. The Kier molecular flexibility index (Phi) is 4.56. The third-order valence-electron chi connectivity index (χ3n) is 4.28. The average Bonchev–Trinajstić information content (AvgIpc) is 3.17. The van der Waals surface area contributed by atoms with Gasteiger partial charge in [0.25, 0.3) is 0 Å². The first-order valence-corrected chi connectivity index (χ1v) is 11.3. The first-order chi connectivity index (χ1) is 13.3. The van der Waals surface area contributed by atoms with Crippen molar-refractivity contribution in [2.24, 2.45) is 12.1 Å². The van der Waals surface area contributed by atoms with Crippen LogP contribution in [0.25, 0.3) is 21.2 Å². The van der Waals surface area contributed by atoms with E-state index < -0.39 is 15.7 Å². The van der Waals surface area contributed by atoms with E-state index in [0.717, 1.165) is 16.5 Å². The molecule has 0 radical (unpaired) electrons. The quantitative estimate of drug-likeness (QED) is 0.519. The molecular formula is C19H17N3O4S2. The van der Waals surface area contributed by atoms with Crippen LogP contribution in [0.3, 0.4) is 0 Å². The summed E-state index contributed by atoms with van der Waals surface area (Å²) in [5, 5.41) is 4.80. The molecule has 0 saturated carbocycles. The second kappa shape index (κ2) is 6.92. The zero-order chi connectivity index (χ0) is 19.9. The standard InChI is InChI=1S/C19H17N3O4S2/c1-22-14-8-4-6-10-16(14)27-19(22)21-20-18(23)17-13(11-28(2,24)25)12-7-3-5-9-15(12)26-17/h3-10H,11H2,1-2H3,(H,20,23)/b21-19-. The number of para-hydroxylation sites is 2. The van der Waals surface area contributed by atoms with Gasteiger partial charge in [-0.25, -0.2) is 13.8 Å². The number of aromatic nitrogens is 1. The molecule has 28 heavy (non-hydrogen) atoms. The number of aryl methyl sites for hydroxylation is 1. The van der Waals surface area contributed by atoms with E-state index in [2.05, 4.69) is 10.5 Å². The Morgan fingerprint density at radius 1 is 1.18 bits per heavy atom. The van der Waals surface area contributed by atoms with Crippen molar-refractivity contribution in [2.75, 3.05) is 6.26 Å². The van der Waals surface area contributed by atoms with Crippen LogP contribution in [0.2, 0.25) is 0 Å². The lowest BCUT2D eigenvalue weighted by Crippen LogP contribution is -2.24. The van der Waals surface area contributed by atoms with E-state index in [1.165, 1.54) is 11.3 Å². The molecule has 7 nitrogen and oxygen atoms in total. The molecule has 2 heterocycles. The molecule has 4 rings (SSSR count). The molecule has 0 aliphatic heterocycles. The highest BCUT2D eigenvalue weighted by molar-refractivity contribution is 7.89. The smallest absolute Gasteiger partial charge is 0.307 e. The summed E-state index contributed by atoms with van der Waals surface area (Å²) in [7, 11) is -1.50. The maximum Gasteiger partial charge on any atom is 0.307 e. The molecule has 144 valence electrons. The summed E-state index contributed by atoms with van der Waals surface area (Å²) in [6.45, 7) is 0. The topological polar surface area (TPSA) is 93.7 Å². The number of nitrogens with zero attached hydrogens (tertiary/aromatic N) is 2. The van der Waals surface area contributed by atoms with Crippen molar-refractivity contribution < 1.29 is 17.6 Å². The summed E-state index contributed by atoms with van der Waals surface area (Å²) in [6.07, 6.45) is 1.12. The number of hydrogen-bond acceptors (Lipinski definition) is 6. The SMILES string of the molecule is Cn1/c(=N/NC(=O)c2oc3ccccc3c2CS(C)(=O)=O)sc2ccccc21. The Hall–Kier alpha value is -2.91. The third-order valence-corrected chi connectivity index (χ3v) is 6.20. The van der Waals surface area contributed by atoms with Crippen molar-refractivity contribution in [1.29, 1.82) is 0 Å². The Labute approximate surface area is 164 Å². The molecule has 0 bridgehead atoms. The average molecular weight is 415 g/mol. The Balaban J connectivity index is 1.74. The number of hydrogen-bond donors (Lipinski definition) is 1. The Morgan fingerprint density at radius 3 is 2.64 bits per heavy atom. The predicted molar refractivity (Wildman–Crippen MR) is 109 cm³/mol. The normalized spacial score (nSPS) is 12.7. The van der Waals surface area contributed by atoms with Gasteiger partial charge in [0.1, 0.15) is 5.58 Å². The van der Waals surface area contributed by atoms with Crippen molar-refractivity contribution in [1.82, 2.24) is 9.99 Å². The molecule has 9 heteroatoms. The maximum atomic E-state index is 12.7. The maximum absolute atomic E-state index is 12.7. The summed E-state index contributed by atoms with van der Waals surface area (Å²) in [4.78, 5) is 13.3. The van der Waals surface area contributed by atoms with Gasteiger partial charge in [-0.1, -0.05) is 41.7 Å². The zero-order valence-electron chi connectivity index (χ0n) is 15.2. The van der Waals surface area contributed by atoms with Crippen LogP contribution in [0.5, 0.6) is 0 Å². The summed E-state index contributed by atoms with van der Waals surface area (Å²) in [6, 6.07) is 14.8. The summed E-state index contributed by atoms with van der Waals surface area (Å²) >= 11 is 1.44. The Morgan fingerprint density at radius 2 is 1.89 bits per heavy atom. The van der Waals surface area contributed by atoms with Gasteiger partial charge in [0.2, 0.25) is 4.80 Å². The van der Waals surface area contributed by atoms with E-state index in [9.17, 15) is 13.2 Å². The highest BCUT2D eigenvalue weighted by atomic mass is 32.2. The van der Waals surface area contributed by atoms with Crippen LogP contribution in [0.1, 0.15) is 16.1 Å². The molecule has 0 saturated heterocycles. The number of sulfone groups is 1. The van der Waals surface area contributed by atoms with E-state index in [-0.39, 0.29) is 11.5 Å². The molecule has 0 fully saturated rings. The fourth-order valence-electron chi connectivity index (χ4n) is 3.03. The van der Waals surface area contributed by atoms with Gasteiger partial charge in [-0.3, -0.25) is 4.79 Å². The monoisotopic (exact) mass is 415 g/mol. The number of amides is 1. The fourth-order valence-corrected chi connectivity index (χ4v) is 4.82. The van der Waals surface area contributed by atoms with Gasteiger partial charge in [-0.2, -0.15) is 0 Å².